The minimum absolute atomic E-state index is 0.0516. The topological polar surface area (TPSA) is 35.2 Å². The Labute approximate surface area is 86.1 Å². The highest BCUT2D eigenvalue weighted by Gasteiger charge is 2.10. The largest absolute Gasteiger partial charge is 0.489 e. The molecule has 78 valence electrons. The first-order chi connectivity index (χ1) is 6.50. The van der Waals surface area contributed by atoms with E-state index in [9.17, 15) is 0 Å². The molecule has 0 saturated heterocycles. The summed E-state index contributed by atoms with van der Waals surface area (Å²) in [5.41, 5.74) is 8.16. The Kier molecular flexibility index (Phi) is 3.53. The summed E-state index contributed by atoms with van der Waals surface area (Å²) in [6.45, 7) is 8.07. The molecule has 0 bridgehead atoms. The fourth-order valence-electron chi connectivity index (χ4n) is 1.24. The van der Waals surface area contributed by atoms with Gasteiger partial charge in [0.25, 0.3) is 0 Å². The van der Waals surface area contributed by atoms with Crippen LogP contribution in [-0.4, -0.2) is 12.1 Å². The van der Waals surface area contributed by atoms with Gasteiger partial charge in [0.1, 0.15) is 11.9 Å². The van der Waals surface area contributed by atoms with Crippen LogP contribution in [0.3, 0.4) is 0 Å². The van der Waals surface area contributed by atoms with Gasteiger partial charge in [0.2, 0.25) is 0 Å². The summed E-state index contributed by atoms with van der Waals surface area (Å²) in [6.07, 6.45) is 0.0522. The summed E-state index contributed by atoms with van der Waals surface area (Å²) >= 11 is 0. The normalized spacial score (nSPS) is 14.9. The average Bonchev–Trinajstić information content (AvgIpc) is 2.09. The molecule has 0 aliphatic rings. The van der Waals surface area contributed by atoms with Crippen LogP contribution in [0.2, 0.25) is 0 Å². The molecule has 1 aromatic carbocycles. The smallest absolute Gasteiger partial charge is 0.122 e. The second-order valence-corrected chi connectivity index (χ2v) is 3.95. The molecule has 2 heteroatoms. The molecule has 1 unspecified atom stereocenters. The molecule has 0 aliphatic heterocycles. The maximum Gasteiger partial charge on any atom is 0.122 e. The molecular formula is C12H19NO. The van der Waals surface area contributed by atoms with Gasteiger partial charge in [-0.3, -0.25) is 0 Å². The quantitative estimate of drug-likeness (QED) is 0.800. The van der Waals surface area contributed by atoms with Crippen molar-refractivity contribution in [1.29, 1.82) is 0 Å². The molecule has 0 fully saturated rings. The molecule has 0 aromatic heterocycles. The van der Waals surface area contributed by atoms with Gasteiger partial charge >= 0.3 is 0 Å². The van der Waals surface area contributed by atoms with Gasteiger partial charge in [-0.25, -0.2) is 0 Å². The van der Waals surface area contributed by atoms with E-state index in [0.29, 0.717) is 0 Å². The van der Waals surface area contributed by atoms with Crippen LogP contribution < -0.4 is 10.5 Å². The van der Waals surface area contributed by atoms with E-state index in [-0.39, 0.29) is 12.1 Å². The van der Waals surface area contributed by atoms with E-state index in [1.807, 2.05) is 19.9 Å². The first kappa shape index (κ1) is 11.1. The minimum atomic E-state index is 0.0516. The van der Waals surface area contributed by atoms with E-state index in [2.05, 4.69) is 26.0 Å². The van der Waals surface area contributed by atoms with E-state index < -0.39 is 0 Å². The number of hydrogen-bond acceptors (Lipinski definition) is 2. The first-order valence-corrected chi connectivity index (χ1v) is 5.00. The van der Waals surface area contributed by atoms with Gasteiger partial charge in [0.15, 0.2) is 0 Å². The predicted octanol–water partition coefficient (Wildman–Crippen LogP) is 2.42. The van der Waals surface area contributed by atoms with Crippen molar-refractivity contribution in [3.8, 4) is 5.75 Å². The Balaban J connectivity index is 2.77. The highest BCUT2D eigenvalue weighted by Crippen LogP contribution is 2.20. The SMILES string of the molecule is Cc1ccc(OC(C)[C@H](C)N)c(C)c1. The fourth-order valence-corrected chi connectivity index (χ4v) is 1.24. The maximum atomic E-state index is 5.74. The highest BCUT2D eigenvalue weighted by atomic mass is 16.5. The Hall–Kier alpha value is -1.02. The van der Waals surface area contributed by atoms with Crippen LogP contribution >= 0.6 is 0 Å². The third-order valence-corrected chi connectivity index (χ3v) is 2.38. The molecule has 0 amide bonds. The van der Waals surface area contributed by atoms with Crippen LogP contribution in [0.4, 0.5) is 0 Å². The second kappa shape index (κ2) is 4.47. The van der Waals surface area contributed by atoms with Gasteiger partial charge in [0.05, 0.1) is 0 Å². The van der Waals surface area contributed by atoms with Crippen molar-refractivity contribution in [2.75, 3.05) is 0 Å². The molecule has 0 radical (unpaired) electrons. The summed E-state index contributed by atoms with van der Waals surface area (Å²) in [7, 11) is 0. The van der Waals surface area contributed by atoms with Crippen molar-refractivity contribution in [3.05, 3.63) is 29.3 Å². The minimum Gasteiger partial charge on any atom is -0.489 e. The lowest BCUT2D eigenvalue weighted by Gasteiger charge is -2.19. The van der Waals surface area contributed by atoms with Crippen LogP contribution in [0, 0.1) is 13.8 Å². The van der Waals surface area contributed by atoms with Gasteiger partial charge in [-0.2, -0.15) is 0 Å². The van der Waals surface area contributed by atoms with Gasteiger partial charge < -0.3 is 10.5 Å². The standard InChI is InChI=1S/C12H19NO/c1-8-5-6-12(9(2)7-8)14-11(4)10(3)13/h5-7,10-11H,13H2,1-4H3/t10-,11?/m0/s1. The van der Waals surface area contributed by atoms with Crippen molar-refractivity contribution in [1.82, 2.24) is 0 Å². The van der Waals surface area contributed by atoms with Crippen molar-refractivity contribution in [2.45, 2.75) is 39.8 Å². The van der Waals surface area contributed by atoms with Gasteiger partial charge in [-0.1, -0.05) is 17.7 Å². The van der Waals surface area contributed by atoms with E-state index in [4.69, 9.17) is 10.5 Å². The Morgan fingerprint density at radius 3 is 2.36 bits per heavy atom. The van der Waals surface area contributed by atoms with Crippen molar-refractivity contribution in [2.24, 2.45) is 5.73 Å². The molecule has 0 saturated carbocycles. The first-order valence-electron chi connectivity index (χ1n) is 5.00. The van der Waals surface area contributed by atoms with Crippen LogP contribution in [0.15, 0.2) is 18.2 Å². The van der Waals surface area contributed by atoms with E-state index in [1.54, 1.807) is 0 Å². The van der Waals surface area contributed by atoms with E-state index in [0.717, 1.165) is 11.3 Å². The maximum absolute atomic E-state index is 5.74. The van der Waals surface area contributed by atoms with Crippen molar-refractivity contribution in [3.63, 3.8) is 0 Å². The molecule has 0 heterocycles. The predicted molar refractivity (Wildman–Crippen MR) is 59.7 cm³/mol. The highest BCUT2D eigenvalue weighted by molar-refractivity contribution is 5.35. The molecule has 0 spiro atoms. The number of nitrogens with two attached hydrogens (primary N) is 1. The van der Waals surface area contributed by atoms with Gasteiger partial charge in [-0.15, -0.1) is 0 Å². The number of benzene rings is 1. The summed E-state index contributed by atoms with van der Waals surface area (Å²) in [4.78, 5) is 0. The number of rotatable bonds is 3. The lowest BCUT2D eigenvalue weighted by Crippen LogP contribution is -2.33. The third kappa shape index (κ3) is 2.74. The number of aryl methyl sites for hydroxylation is 2. The summed E-state index contributed by atoms with van der Waals surface area (Å²) < 4.78 is 5.74. The average molecular weight is 193 g/mol. The molecule has 2 N–H and O–H groups in total. The molecule has 2 atom stereocenters. The summed E-state index contributed by atoms with van der Waals surface area (Å²) in [5, 5.41) is 0. The zero-order valence-electron chi connectivity index (χ0n) is 9.37. The summed E-state index contributed by atoms with van der Waals surface area (Å²) in [5.74, 6) is 0.931. The molecule has 0 aliphatic carbocycles. The second-order valence-electron chi connectivity index (χ2n) is 3.95. The number of ether oxygens (including phenoxy) is 1. The fraction of sp³-hybridized carbons (Fsp3) is 0.500. The molecule has 2 nitrogen and oxygen atoms in total. The van der Waals surface area contributed by atoms with Crippen LogP contribution in [-0.2, 0) is 0 Å². The molecule has 1 rings (SSSR count). The van der Waals surface area contributed by atoms with Crippen molar-refractivity contribution >= 4 is 0 Å². The molecule has 14 heavy (non-hydrogen) atoms. The lowest BCUT2D eigenvalue weighted by molar-refractivity contribution is 0.195. The third-order valence-electron chi connectivity index (χ3n) is 2.38. The van der Waals surface area contributed by atoms with Crippen molar-refractivity contribution < 1.29 is 4.74 Å². The summed E-state index contributed by atoms with van der Waals surface area (Å²) in [6, 6.07) is 6.22. The van der Waals surface area contributed by atoms with E-state index >= 15 is 0 Å². The van der Waals surface area contributed by atoms with Crippen LogP contribution in [0.1, 0.15) is 25.0 Å². The zero-order valence-corrected chi connectivity index (χ0v) is 9.37. The Morgan fingerprint density at radius 1 is 1.21 bits per heavy atom. The Morgan fingerprint density at radius 2 is 1.86 bits per heavy atom. The van der Waals surface area contributed by atoms with Crippen LogP contribution in [0.5, 0.6) is 5.75 Å². The molecular weight excluding hydrogens is 174 g/mol. The number of hydrogen-bond donors (Lipinski definition) is 1. The van der Waals surface area contributed by atoms with Crippen LogP contribution in [0.25, 0.3) is 0 Å². The van der Waals surface area contributed by atoms with E-state index in [1.165, 1.54) is 5.56 Å². The monoisotopic (exact) mass is 193 g/mol. The lowest BCUT2D eigenvalue weighted by atomic mass is 10.1. The van der Waals surface area contributed by atoms with Gasteiger partial charge in [0, 0.05) is 6.04 Å². The van der Waals surface area contributed by atoms with Gasteiger partial charge in [-0.05, 0) is 39.3 Å². The Bertz CT molecular complexity index is 307. The molecule has 1 aromatic rings. The zero-order chi connectivity index (χ0) is 10.7.